The van der Waals surface area contributed by atoms with E-state index in [9.17, 15) is 0 Å². The summed E-state index contributed by atoms with van der Waals surface area (Å²) in [4.78, 5) is 25.5. The van der Waals surface area contributed by atoms with E-state index in [2.05, 4.69) is 47.4 Å². The molecule has 3 saturated heterocycles. The van der Waals surface area contributed by atoms with Crippen LogP contribution in [0.25, 0.3) is 0 Å². The fraction of sp³-hybridized carbons (Fsp3) is 0.519. The Bertz CT molecular complexity index is 1360. The molecular formula is C27H33Cl2N9O2S. The second kappa shape index (κ2) is 12.4. The molecule has 3 aromatic rings. The largest absolute Gasteiger partial charge is 0.376 e. The van der Waals surface area contributed by atoms with Crippen molar-refractivity contribution in [1.29, 1.82) is 0 Å². The summed E-state index contributed by atoms with van der Waals surface area (Å²) in [5.74, 6) is 2.14. The number of nitrogens with one attached hydrogen (secondary N) is 2. The average molecular weight is 619 g/mol. The van der Waals surface area contributed by atoms with Gasteiger partial charge in [0.1, 0.15) is 15.9 Å². The maximum Gasteiger partial charge on any atom is 0.230 e. The molecule has 3 atom stereocenters. The minimum atomic E-state index is 0.0719. The standard InChI is InChI=1S/C27H33Cl2N9O2S/c1-16-23(30)27(15-40-16)5-8-38(9-6-27)20-13-33-21(14-32-20)41-19-4-7-31-25(22(19)29)37-26-35-12-18(28)24(36-26)34-11-17-3-2-10-39-17/h4,7,12-14,16-17,23H,2-3,5-6,8-11,15,30H2,1H3,(H2,31,34,35,36,37)/t16-,17+,23+/m0/s1. The van der Waals surface area contributed by atoms with E-state index in [1.165, 1.54) is 18.0 Å². The number of aromatic nitrogens is 5. The molecule has 41 heavy (non-hydrogen) atoms. The summed E-state index contributed by atoms with van der Waals surface area (Å²) in [6.07, 6.45) is 11.1. The van der Waals surface area contributed by atoms with E-state index in [1.807, 2.05) is 12.3 Å². The summed E-state index contributed by atoms with van der Waals surface area (Å²) in [5.41, 5.74) is 6.54. The van der Waals surface area contributed by atoms with Crippen LogP contribution in [0, 0.1) is 5.41 Å². The first kappa shape index (κ1) is 28.6. The first-order chi connectivity index (χ1) is 19.9. The lowest BCUT2D eigenvalue weighted by Crippen LogP contribution is -2.50. The SMILES string of the molecule is C[C@@H]1OCC2(CCN(c3cnc(Sc4ccnc(Nc5ncc(Cl)c(NC[C@H]6CCCO6)n5)c4Cl)cn3)CC2)[C@@H]1N. The summed E-state index contributed by atoms with van der Waals surface area (Å²) in [6.45, 7) is 5.99. The lowest BCUT2D eigenvalue weighted by molar-refractivity contribution is 0.0974. The monoisotopic (exact) mass is 617 g/mol. The van der Waals surface area contributed by atoms with Crippen LogP contribution < -0.4 is 21.3 Å². The number of rotatable bonds is 8. The van der Waals surface area contributed by atoms with Crippen molar-refractivity contribution in [3.05, 3.63) is 40.9 Å². The topological polar surface area (TPSA) is 136 Å². The van der Waals surface area contributed by atoms with Gasteiger partial charge in [0, 0.05) is 48.8 Å². The number of nitrogens with two attached hydrogens (primary N) is 1. The van der Waals surface area contributed by atoms with E-state index in [0.29, 0.717) is 34.2 Å². The number of anilines is 4. The van der Waals surface area contributed by atoms with Gasteiger partial charge in [-0.1, -0.05) is 35.0 Å². The number of halogens is 2. The van der Waals surface area contributed by atoms with Gasteiger partial charge in [-0.25, -0.2) is 19.9 Å². The summed E-state index contributed by atoms with van der Waals surface area (Å²) in [5, 5.41) is 7.94. The quantitative estimate of drug-likeness (QED) is 0.320. The Morgan fingerprint density at radius 3 is 2.66 bits per heavy atom. The maximum absolute atomic E-state index is 6.72. The Kier molecular flexibility index (Phi) is 8.66. The van der Waals surface area contributed by atoms with Gasteiger partial charge in [-0.15, -0.1) is 0 Å². The van der Waals surface area contributed by atoms with E-state index in [-0.39, 0.29) is 23.7 Å². The molecule has 0 unspecified atom stereocenters. The predicted molar refractivity (Wildman–Crippen MR) is 160 cm³/mol. The summed E-state index contributed by atoms with van der Waals surface area (Å²) < 4.78 is 11.5. The molecule has 6 heterocycles. The van der Waals surface area contributed by atoms with E-state index in [4.69, 9.17) is 38.4 Å². The zero-order chi connectivity index (χ0) is 28.4. The second-order valence-electron chi connectivity index (χ2n) is 10.7. The molecule has 0 aliphatic carbocycles. The van der Waals surface area contributed by atoms with Gasteiger partial charge in [0.2, 0.25) is 5.95 Å². The van der Waals surface area contributed by atoms with Crippen LogP contribution >= 0.6 is 35.0 Å². The highest BCUT2D eigenvalue weighted by molar-refractivity contribution is 7.99. The van der Waals surface area contributed by atoms with Gasteiger partial charge in [0.25, 0.3) is 0 Å². The lowest BCUT2D eigenvalue weighted by Gasteiger charge is -2.41. The highest BCUT2D eigenvalue weighted by Crippen LogP contribution is 2.42. The zero-order valence-electron chi connectivity index (χ0n) is 22.7. The highest BCUT2D eigenvalue weighted by atomic mass is 35.5. The van der Waals surface area contributed by atoms with Gasteiger partial charge >= 0.3 is 0 Å². The number of piperidine rings is 1. The van der Waals surface area contributed by atoms with E-state index >= 15 is 0 Å². The fourth-order valence-electron chi connectivity index (χ4n) is 5.56. The molecule has 218 valence electrons. The normalized spacial score (nSPS) is 23.7. The van der Waals surface area contributed by atoms with Gasteiger partial charge < -0.3 is 30.7 Å². The van der Waals surface area contributed by atoms with Crippen molar-refractivity contribution in [2.45, 2.75) is 60.8 Å². The van der Waals surface area contributed by atoms with Crippen LogP contribution in [0.3, 0.4) is 0 Å². The summed E-state index contributed by atoms with van der Waals surface area (Å²) in [7, 11) is 0. The molecule has 6 rings (SSSR count). The lowest BCUT2D eigenvalue weighted by atomic mass is 9.73. The molecular weight excluding hydrogens is 585 g/mol. The minimum Gasteiger partial charge on any atom is -0.376 e. The Hall–Kier alpha value is -2.48. The number of ether oxygens (including phenoxy) is 2. The highest BCUT2D eigenvalue weighted by Gasteiger charge is 2.47. The van der Waals surface area contributed by atoms with Gasteiger partial charge in [0.15, 0.2) is 11.6 Å². The van der Waals surface area contributed by atoms with Gasteiger partial charge in [-0.2, -0.15) is 4.98 Å². The molecule has 3 aliphatic rings. The maximum atomic E-state index is 6.72. The van der Waals surface area contributed by atoms with Crippen LogP contribution in [0.1, 0.15) is 32.6 Å². The van der Waals surface area contributed by atoms with Crippen LogP contribution in [-0.2, 0) is 9.47 Å². The second-order valence-corrected chi connectivity index (χ2v) is 12.6. The van der Waals surface area contributed by atoms with E-state index in [1.54, 1.807) is 12.4 Å². The Morgan fingerprint density at radius 1 is 1.10 bits per heavy atom. The molecule has 0 aromatic carbocycles. The van der Waals surface area contributed by atoms with E-state index < -0.39 is 0 Å². The molecule has 3 aromatic heterocycles. The van der Waals surface area contributed by atoms with Crippen molar-refractivity contribution in [3.63, 3.8) is 0 Å². The first-order valence-corrected chi connectivity index (χ1v) is 15.4. The third-order valence-corrected chi connectivity index (χ3v) is 9.86. The Morgan fingerprint density at radius 2 is 1.95 bits per heavy atom. The van der Waals surface area contributed by atoms with Crippen molar-refractivity contribution in [2.75, 3.05) is 48.4 Å². The van der Waals surface area contributed by atoms with Crippen molar-refractivity contribution in [1.82, 2.24) is 24.9 Å². The minimum absolute atomic E-state index is 0.0719. The number of hydrogen-bond donors (Lipinski definition) is 3. The molecule has 4 N–H and O–H groups in total. The van der Waals surface area contributed by atoms with Crippen LogP contribution in [0.4, 0.5) is 23.4 Å². The smallest absolute Gasteiger partial charge is 0.230 e. The van der Waals surface area contributed by atoms with Crippen molar-refractivity contribution < 1.29 is 9.47 Å². The van der Waals surface area contributed by atoms with Crippen molar-refractivity contribution in [3.8, 4) is 0 Å². The van der Waals surface area contributed by atoms with Crippen LogP contribution in [0.5, 0.6) is 0 Å². The third-order valence-electron chi connectivity index (χ3n) is 8.11. The van der Waals surface area contributed by atoms with E-state index in [0.717, 1.165) is 67.7 Å². The molecule has 11 nitrogen and oxygen atoms in total. The summed E-state index contributed by atoms with van der Waals surface area (Å²) >= 11 is 14.4. The molecule has 0 amide bonds. The molecule has 0 bridgehead atoms. The first-order valence-electron chi connectivity index (χ1n) is 13.8. The number of nitrogens with zero attached hydrogens (tertiary/aromatic N) is 6. The van der Waals surface area contributed by atoms with Crippen LogP contribution in [-0.4, -0.2) is 76.0 Å². The molecule has 14 heteroatoms. The van der Waals surface area contributed by atoms with Gasteiger partial charge in [-0.3, -0.25) is 0 Å². The molecule has 0 radical (unpaired) electrons. The Balaban J connectivity index is 1.08. The van der Waals surface area contributed by atoms with Gasteiger partial charge in [0.05, 0.1) is 42.4 Å². The molecule has 3 fully saturated rings. The van der Waals surface area contributed by atoms with Crippen molar-refractivity contribution >= 4 is 58.4 Å². The van der Waals surface area contributed by atoms with Crippen LogP contribution in [0.2, 0.25) is 10.0 Å². The molecule has 1 spiro atoms. The average Bonchev–Trinajstić information content (AvgIpc) is 3.61. The fourth-order valence-corrected chi connectivity index (χ4v) is 6.74. The Labute approximate surface area is 253 Å². The van der Waals surface area contributed by atoms with Gasteiger partial charge in [-0.05, 0) is 38.7 Å². The van der Waals surface area contributed by atoms with Crippen molar-refractivity contribution in [2.24, 2.45) is 11.1 Å². The van der Waals surface area contributed by atoms with Crippen LogP contribution in [0.15, 0.2) is 40.8 Å². The number of pyridine rings is 1. The molecule has 3 aliphatic heterocycles. The zero-order valence-corrected chi connectivity index (χ0v) is 25.1. The number of hydrogen-bond acceptors (Lipinski definition) is 12. The predicted octanol–water partition coefficient (Wildman–Crippen LogP) is 4.79. The molecule has 0 saturated carbocycles. The third kappa shape index (κ3) is 6.32. The summed E-state index contributed by atoms with van der Waals surface area (Å²) in [6, 6.07) is 1.92.